The third-order valence-electron chi connectivity index (χ3n) is 5.99. The molecule has 12 heteroatoms. The summed E-state index contributed by atoms with van der Waals surface area (Å²) in [6.07, 6.45) is 0. The van der Waals surface area contributed by atoms with Crippen LogP contribution in [0.4, 0.5) is 14.9 Å². The fourth-order valence-corrected chi connectivity index (χ4v) is 4.92. The number of nitrogens with one attached hydrogen (secondary N) is 1. The van der Waals surface area contributed by atoms with Gasteiger partial charge in [0.25, 0.3) is 5.56 Å². The highest BCUT2D eigenvalue weighted by atomic mass is 32.1. The predicted octanol–water partition coefficient (Wildman–Crippen LogP) is 3.09. The Morgan fingerprint density at radius 2 is 1.76 bits per heavy atom. The molecular formula is C25H23FN6O4S. The van der Waals surface area contributed by atoms with Crippen LogP contribution in [0.5, 0.6) is 0 Å². The molecule has 190 valence electrons. The lowest BCUT2D eigenvalue weighted by Crippen LogP contribution is -2.49. The van der Waals surface area contributed by atoms with Crippen LogP contribution in [0.3, 0.4) is 0 Å². The number of methoxy groups -OCH3 is 1. The lowest BCUT2D eigenvalue weighted by molar-refractivity contribution is 0.0600. The summed E-state index contributed by atoms with van der Waals surface area (Å²) in [5.41, 5.74) is 2.06. The zero-order chi connectivity index (χ0) is 25.9. The van der Waals surface area contributed by atoms with Crippen molar-refractivity contribution in [3.05, 3.63) is 82.0 Å². The Morgan fingerprint density at radius 1 is 1.05 bits per heavy atom. The van der Waals surface area contributed by atoms with Gasteiger partial charge >= 0.3 is 12.0 Å². The molecule has 0 bridgehead atoms. The van der Waals surface area contributed by atoms with Crippen molar-refractivity contribution in [1.82, 2.24) is 24.4 Å². The summed E-state index contributed by atoms with van der Waals surface area (Å²) in [6.45, 7) is 2.75. The first kappa shape index (κ1) is 24.5. The van der Waals surface area contributed by atoms with Gasteiger partial charge in [-0.1, -0.05) is 11.3 Å². The van der Waals surface area contributed by atoms with Crippen molar-refractivity contribution in [2.75, 3.05) is 38.6 Å². The van der Waals surface area contributed by atoms with E-state index in [0.29, 0.717) is 65.2 Å². The van der Waals surface area contributed by atoms with Gasteiger partial charge in [-0.05, 0) is 48.5 Å². The molecule has 0 saturated carbocycles. The standard InChI is InChI=1S/C25H23FN6O4S/c1-36-23(34)17-4-8-19(9-5-17)27-24(35)31-12-10-30(11-13-31)15-20-14-21(33)32-25(28-20)37-22(29-32)16-2-6-18(26)7-3-16/h2-9,14H,10-13,15H2,1H3,(H,27,35). The van der Waals surface area contributed by atoms with Crippen molar-refractivity contribution in [3.63, 3.8) is 0 Å². The number of urea groups is 1. The second-order valence-electron chi connectivity index (χ2n) is 8.46. The first-order valence-electron chi connectivity index (χ1n) is 11.5. The van der Waals surface area contributed by atoms with Gasteiger partial charge in [0.15, 0.2) is 0 Å². The number of halogens is 1. The van der Waals surface area contributed by atoms with Crippen molar-refractivity contribution >= 4 is 34.0 Å². The van der Waals surface area contributed by atoms with Crippen LogP contribution in [0.2, 0.25) is 0 Å². The maximum Gasteiger partial charge on any atom is 0.337 e. The Balaban J connectivity index is 1.19. The van der Waals surface area contributed by atoms with Gasteiger partial charge < -0.3 is 15.0 Å². The van der Waals surface area contributed by atoms with Crippen LogP contribution in [0, 0.1) is 5.82 Å². The summed E-state index contributed by atoms with van der Waals surface area (Å²) in [4.78, 5) is 45.8. The Labute approximate surface area is 214 Å². The molecule has 2 aromatic carbocycles. The highest BCUT2D eigenvalue weighted by Gasteiger charge is 2.22. The number of amides is 2. The third kappa shape index (κ3) is 5.49. The Bertz CT molecular complexity index is 1490. The number of esters is 1. The van der Waals surface area contributed by atoms with Crippen molar-refractivity contribution in [1.29, 1.82) is 0 Å². The summed E-state index contributed by atoms with van der Waals surface area (Å²) >= 11 is 1.27. The van der Waals surface area contributed by atoms with E-state index in [-0.39, 0.29) is 17.4 Å². The second kappa shape index (κ2) is 10.4. The molecule has 0 atom stereocenters. The maximum atomic E-state index is 13.2. The van der Waals surface area contributed by atoms with E-state index in [1.54, 1.807) is 41.3 Å². The van der Waals surface area contributed by atoms with Gasteiger partial charge in [0.1, 0.15) is 10.8 Å². The number of carbonyl (C=O) groups is 2. The molecule has 2 aromatic heterocycles. The van der Waals surface area contributed by atoms with E-state index in [4.69, 9.17) is 0 Å². The summed E-state index contributed by atoms with van der Waals surface area (Å²) < 4.78 is 19.2. The number of hydrogen-bond acceptors (Lipinski definition) is 8. The molecule has 5 rings (SSSR count). The van der Waals surface area contributed by atoms with E-state index >= 15 is 0 Å². The van der Waals surface area contributed by atoms with E-state index in [2.05, 4.69) is 25.0 Å². The molecule has 37 heavy (non-hydrogen) atoms. The molecule has 0 aliphatic carbocycles. The van der Waals surface area contributed by atoms with E-state index in [1.807, 2.05) is 0 Å². The SMILES string of the molecule is COC(=O)c1ccc(NC(=O)N2CCN(Cc3cc(=O)n4nc(-c5ccc(F)cc5)sc4n3)CC2)cc1. The maximum absolute atomic E-state index is 13.2. The molecule has 0 unspecified atom stereocenters. The van der Waals surface area contributed by atoms with Gasteiger partial charge in [0.2, 0.25) is 4.96 Å². The zero-order valence-corrected chi connectivity index (χ0v) is 20.7. The van der Waals surface area contributed by atoms with Crippen molar-refractivity contribution in [3.8, 4) is 10.6 Å². The molecule has 4 aromatic rings. The summed E-state index contributed by atoms with van der Waals surface area (Å²) in [7, 11) is 1.32. The van der Waals surface area contributed by atoms with Crippen molar-refractivity contribution < 1.29 is 18.7 Å². The normalized spacial score (nSPS) is 14.1. The van der Waals surface area contributed by atoms with Gasteiger partial charge in [0, 0.05) is 50.0 Å². The minimum atomic E-state index is -0.436. The number of aromatic nitrogens is 3. The quantitative estimate of drug-likeness (QED) is 0.401. The van der Waals surface area contributed by atoms with Crippen LogP contribution in [0.25, 0.3) is 15.5 Å². The van der Waals surface area contributed by atoms with Crippen molar-refractivity contribution in [2.24, 2.45) is 0 Å². The van der Waals surface area contributed by atoms with Gasteiger partial charge in [0.05, 0.1) is 18.4 Å². The average molecular weight is 523 g/mol. The van der Waals surface area contributed by atoms with Crippen LogP contribution in [0.1, 0.15) is 16.1 Å². The molecule has 1 aliphatic heterocycles. The molecular weight excluding hydrogens is 499 g/mol. The van der Waals surface area contributed by atoms with E-state index in [0.717, 1.165) is 0 Å². The lowest BCUT2D eigenvalue weighted by Gasteiger charge is -2.34. The molecule has 3 heterocycles. The number of hydrogen-bond donors (Lipinski definition) is 1. The van der Waals surface area contributed by atoms with Gasteiger partial charge in [-0.15, -0.1) is 0 Å². The highest BCUT2D eigenvalue weighted by Crippen LogP contribution is 2.24. The summed E-state index contributed by atoms with van der Waals surface area (Å²) in [6, 6.07) is 13.7. The van der Waals surface area contributed by atoms with E-state index in [9.17, 15) is 18.8 Å². The predicted molar refractivity (Wildman–Crippen MR) is 136 cm³/mol. The monoisotopic (exact) mass is 522 g/mol. The molecule has 2 amide bonds. The van der Waals surface area contributed by atoms with Crippen LogP contribution in [0.15, 0.2) is 59.4 Å². The number of nitrogens with zero attached hydrogens (tertiary/aromatic N) is 5. The number of benzene rings is 2. The summed E-state index contributed by atoms with van der Waals surface area (Å²) in [5.74, 6) is -0.775. The number of ether oxygens (including phenoxy) is 1. The third-order valence-corrected chi connectivity index (χ3v) is 6.95. The fraction of sp³-hybridized carbons (Fsp3) is 0.240. The Morgan fingerprint density at radius 3 is 2.43 bits per heavy atom. The molecule has 1 N–H and O–H groups in total. The molecule has 10 nitrogen and oxygen atoms in total. The number of rotatable bonds is 5. The Kier molecular flexibility index (Phi) is 6.93. The first-order valence-corrected chi connectivity index (χ1v) is 12.3. The number of fused-ring (bicyclic) bond motifs is 1. The number of carbonyl (C=O) groups excluding carboxylic acids is 2. The summed E-state index contributed by atoms with van der Waals surface area (Å²) in [5, 5.41) is 7.76. The number of anilines is 1. The molecule has 1 aliphatic rings. The minimum absolute atomic E-state index is 0.221. The average Bonchev–Trinajstić information content (AvgIpc) is 3.34. The molecule has 1 saturated heterocycles. The van der Waals surface area contributed by atoms with Crippen LogP contribution < -0.4 is 10.9 Å². The van der Waals surface area contributed by atoms with Crippen LogP contribution >= 0.6 is 11.3 Å². The van der Waals surface area contributed by atoms with Gasteiger partial charge in [-0.2, -0.15) is 9.61 Å². The van der Waals surface area contributed by atoms with Crippen LogP contribution in [-0.4, -0.2) is 69.7 Å². The minimum Gasteiger partial charge on any atom is -0.465 e. The van der Waals surface area contributed by atoms with Crippen molar-refractivity contribution in [2.45, 2.75) is 6.54 Å². The molecule has 0 spiro atoms. The Hall–Kier alpha value is -4.16. The lowest BCUT2D eigenvalue weighted by atomic mass is 10.2. The first-order chi connectivity index (χ1) is 17.9. The van der Waals surface area contributed by atoms with Crippen LogP contribution in [-0.2, 0) is 11.3 Å². The molecule has 0 radical (unpaired) electrons. The number of piperazine rings is 1. The van der Waals surface area contributed by atoms with E-state index < -0.39 is 5.97 Å². The van der Waals surface area contributed by atoms with E-state index in [1.165, 1.54) is 41.2 Å². The largest absolute Gasteiger partial charge is 0.465 e. The zero-order valence-electron chi connectivity index (χ0n) is 19.9. The van der Waals surface area contributed by atoms with Gasteiger partial charge in [-0.3, -0.25) is 9.69 Å². The topological polar surface area (TPSA) is 109 Å². The highest BCUT2D eigenvalue weighted by molar-refractivity contribution is 7.19. The van der Waals surface area contributed by atoms with Gasteiger partial charge in [-0.25, -0.2) is 19.0 Å². The fourth-order valence-electron chi connectivity index (χ4n) is 3.99. The second-order valence-corrected chi connectivity index (χ2v) is 9.41. The smallest absolute Gasteiger partial charge is 0.337 e. The molecule has 1 fully saturated rings.